The van der Waals surface area contributed by atoms with Crippen LogP contribution in [0.3, 0.4) is 0 Å². The molecule has 2 aliphatic rings. The Kier molecular flexibility index (Phi) is 7.94. The van der Waals surface area contributed by atoms with Crippen molar-refractivity contribution >= 4 is 39.9 Å². The molecule has 1 aromatic carbocycles. The van der Waals surface area contributed by atoms with Crippen LogP contribution in [-0.4, -0.2) is 74.0 Å². The van der Waals surface area contributed by atoms with Crippen LogP contribution in [0.2, 0.25) is 5.02 Å². The van der Waals surface area contributed by atoms with Gasteiger partial charge in [0.1, 0.15) is 0 Å². The summed E-state index contributed by atoms with van der Waals surface area (Å²) < 4.78 is 24.7. The number of hydrogen-bond donors (Lipinski definition) is 0. The highest BCUT2D eigenvalue weighted by atomic mass is 35.5. The molecule has 2 aliphatic heterocycles. The average molecular weight is 436 g/mol. The molecule has 27 heavy (non-hydrogen) atoms. The minimum atomic E-state index is -3.15. The predicted octanol–water partition coefficient (Wildman–Crippen LogP) is 2.08. The maximum Gasteiger partial charge on any atom is 0.225 e. The van der Waals surface area contributed by atoms with Crippen LogP contribution >= 0.6 is 24.0 Å². The second-order valence-corrected chi connectivity index (χ2v) is 9.52. The number of carbonyl (C=O) groups excluding carboxylic acids is 1. The van der Waals surface area contributed by atoms with E-state index >= 15 is 0 Å². The van der Waals surface area contributed by atoms with Crippen LogP contribution in [-0.2, 0) is 21.4 Å². The van der Waals surface area contributed by atoms with Crippen molar-refractivity contribution in [3.05, 3.63) is 34.9 Å². The number of hydrogen-bond acceptors (Lipinski definition) is 4. The number of nitrogens with zero attached hydrogens (tertiary/aromatic N) is 3. The lowest BCUT2D eigenvalue weighted by molar-refractivity contribution is -0.138. The molecule has 0 bridgehead atoms. The van der Waals surface area contributed by atoms with Crippen molar-refractivity contribution in [2.75, 3.05) is 45.5 Å². The zero-order valence-corrected chi connectivity index (χ0v) is 17.9. The topological polar surface area (TPSA) is 60.9 Å². The third kappa shape index (κ3) is 5.81. The lowest BCUT2D eigenvalue weighted by atomic mass is 9.96. The normalized spacial score (nSPS) is 20.3. The third-order valence-corrected chi connectivity index (χ3v) is 6.98. The zero-order chi connectivity index (χ0) is 18.7. The van der Waals surface area contributed by atoms with E-state index in [1.165, 1.54) is 10.6 Å². The molecule has 0 radical (unpaired) electrons. The van der Waals surface area contributed by atoms with Gasteiger partial charge in [-0.3, -0.25) is 9.69 Å². The molecule has 2 fully saturated rings. The number of sulfonamides is 1. The van der Waals surface area contributed by atoms with Crippen LogP contribution in [0, 0.1) is 5.92 Å². The summed E-state index contributed by atoms with van der Waals surface area (Å²) in [5.41, 5.74) is 1.11. The summed E-state index contributed by atoms with van der Waals surface area (Å²) in [6.07, 6.45) is 2.46. The summed E-state index contributed by atoms with van der Waals surface area (Å²) in [6.45, 7) is 4.79. The van der Waals surface area contributed by atoms with E-state index < -0.39 is 10.0 Å². The summed E-state index contributed by atoms with van der Waals surface area (Å²) in [4.78, 5) is 17.0. The molecular weight excluding hydrogens is 409 g/mol. The van der Waals surface area contributed by atoms with Gasteiger partial charge in [-0.2, -0.15) is 0 Å². The van der Waals surface area contributed by atoms with Crippen molar-refractivity contribution in [2.24, 2.45) is 5.92 Å². The number of amides is 1. The zero-order valence-electron chi connectivity index (χ0n) is 15.5. The van der Waals surface area contributed by atoms with Gasteiger partial charge in [-0.05, 0) is 24.5 Å². The molecule has 0 saturated carbocycles. The van der Waals surface area contributed by atoms with Gasteiger partial charge < -0.3 is 4.90 Å². The summed E-state index contributed by atoms with van der Waals surface area (Å²) in [6, 6.07) is 7.86. The summed E-state index contributed by atoms with van der Waals surface area (Å²) >= 11 is 6.23. The number of rotatable bonds is 4. The highest BCUT2D eigenvalue weighted by Gasteiger charge is 2.32. The van der Waals surface area contributed by atoms with Crippen molar-refractivity contribution in [1.82, 2.24) is 14.1 Å². The highest BCUT2D eigenvalue weighted by molar-refractivity contribution is 7.88. The molecule has 0 unspecified atom stereocenters. The van der Waals surface area contributed by atoms with E-state index in [1.54, 1.807) is 0 Å². The molecule has 0 aliphatic carbocycles. The summed E-state index contributed by atoms with van der Waals surface area (Å²) in [5, 5.41) is 0.781. The number of carbonyl (C=O) groups is 1. The highest BCUT2D eigenvalue weighted by Crippen LogP contribution is 2.23. The first-order chi connectivity index (χ1) is 12.3. The van der Waals surface area contributed by atoms with E-state index in [2.05, 4.69) is 4.90 Å². The van der Waals surface area contributed by atoms with E-state index in [-0.39, 0.29) is 24.2 Å². The van der Waals surface area contributed by atoms with Gasteiger partial charge >= 0.3 is 0 Å². The lowest BCUT2D eigenvalue weighted by Gasteiger charge is -2.38. The number of piperazine rings is 1. The maximum atomic E-state index is 12.7. The first-order valence-electron chi connectivity index (χ1n) is 9.04. The van der Waals surface area contributed by atoms with Gasteiger partial charge in [0, 0.05) is 56.8 Å². The van der Waals surface area contributed by atoms with Gasteiger partial charge in [0.15, 0.2) is 0 Å². The number of benzene rings is 1. The van der Waals surface area contributed by atoms with Gasteiger partial charge in [-0.15, -0.1) is 12.4 Å². The first kappa shape index (κ1) is 22.4. The minimum Gasteiger partial charge on any atom is -0.340 e. The van der Waals surface area contributed by atoms with E-state index in [0.717, 1.165) is 43.3 Å². The molecule has 0 aromatic heterocycles. The lowest BCUT2D eigenvalue weighted by Crippen LogP contribution is -2.51. The van der Waals surface area contributed by atoms with E-state index in [1.807, 2.05) is 29.2 Å². The van der Waals surface area contributed by atoms with E-state index in [4.69, 9.17) is 11.6 Å². The largest absolute Gasteiger partial charge is 0.340 e. The SMILES string of the molecule is CS(=O)(=O)N1CCC(C(=O)N2CCN(Cc3ccccc3Cl)CC2)CC1.Cl. The Hall–Kier alpha value is -0.860. The number of halogens is 2. The molecule has 2 heterocycles. The Morgan fingerprint density at radius 3 is 2.22 bits per heavy atom. The third-order valence-electron chi connectivity index (χ3n) is 5.31. The summed E-state index contributed by atoms with van der Waals surface area (Å²) in [7, 11) is -3.15. The fourth-order valence-electron chi connectivity index (χ4n) is 3.69. The molecule has 0 spiro atoms. The number of piperidine rings is 1. The van der Waals surface area contributed by atoms with Crippen molar-refractivity contribution in [2.45, 2.75) is 19.4 Å². The molecule has 1 amide bonds. The van der Waals surface area contributed by atoms with Crippen molar-refractivity contribution < 1.29 is 13.2 Å². The van der Waals surface area contributed by atoms with Gasteiger partial charge in [0.05, 0.1) is 6.26 Å². The molecule has 9 heteroatoms. The smallest absolute Gasteiger partial charge is 0.225 e. The molecule has 0 atom stereocenters. The van der Waals surface area contributed by atoms with Crippen LogP contribution in [0.25, 0.3) is 0 Å². The quantitative estimate of drug-likeness (QED) is 0.725. The van der Waals surface area contributed by atoms with Gasteiger partial charge in [-0.25, -0.2) is 12.7 Å². The minimum absolute atomic E-state index is 0. The Labute approximate surface area is 172 Å². The fourth-order valence-corrected chi connectivity index (χ4v) is 4.76. The van der Waals surface area contributed by atoms with Crippen LogP contribution < -0.4 is 0 Å². The molecule has 6 nitrogen and oxygen atoms in total. The predicted molar refractivity (Wildman–Crippen MR) is 110 cm³/mol. The van der Waals surface area contributed by atoms with Crippen molar-refractivity contribution in [3.63, 3.8) is 0 Å². The van der Waals surface area contributed by atoms with Crippen LogP contribution in [0.15, 0.2) is 24.3 Å². The fraction of sp³-hybridized carbons (Fsp3) is 0.611. The molecular formula is C18H27Cl2N3O3S. The molecule has 1 aromatic rings. The van der Waals surface area contributed by atoms with Gasteiger partial charge in [0.2, 0.25) is 15.9 Å². The van der Waals surface area contributed by atoms with Crippen molar-refractivity contribution in [3.8, 4) is 0 Å². The van der Waals surface area contributed by atoms with Gasteiger partial charge in [-0.1, -0.05) is 29.8 Å². The van der Waals surface area contributed by atoms with Crippen molar-refractivity contribution in [1.29, 1.82) is 0 Å². The second-order valence-electron chi connectivity index (χ2n) is 7.13. The second kappa shape index (κ2) is 9.56. The maximum absolute atomic E-state index is 12.7. The Bertz CT molecular complexity index is 744. The molecule has 0 N–H and O–H groups in total. The molecule has 3 rings (SSSR count). The van der Waals surface area contributed by atoms with Crippen LogP contribution in [0.1, 0.15) is 18.4 Å². The molecule has 152 valence electrons. The molecule has 2 saturated heterocycles. The standard InChI is InChI=1S/C18H26ClN3O3S.ClH/c1-26(24,25)22-8-6-15(7-9-22)18(23)21-12-10-20(11-13-21)14-16-4-2-3-5-17(16)19;/h2-5,15H,6-14H2,1H3;1H. The Balaban J connectivity index is 0.00000261. The Morgan fingerprint density at radius 1 is 1.07 bits per heavy atom. The summed E-state index contributed by atoms with van der Waals surface area (Å²) in [5.74, 6) is 0.124. The average Bonchev–Trinajstić information content (AvgIpc) is 2.63. The first-order valence-corrected chi connectivity index (χ1v) is 11.3. The van der Waals surface area contributed by atoms with Gasteiger partial charge in [0.25, 0.3) is 0 Å². The van der Waals surface area contributed by atoms with E-state index in [9.17, 15) is 13.2 Å². The monoisotopic (exact) mass is 435 g/mol. The van der Waals surface area contributed by atoms with Crippen LogP contribution in [0.4, 0.5) is 0 Å². The Morgan fingerprint density at radius 2 is 1.67 bits per heavy atom. The van der Waals surface area contributed by atoms with Crippen LogP contribution in [0.5, 0.6) is 0 Å². The van der Waals surface area contributed by atoms with E-state index in [0.29, 0.717) is 25.9 Å².